The van der Waals surface area contributed by atoms with Crippen LogP contribution in [0, 0.1) is 0 Å². The zero-order chi connectivity index (χ0) is 35.4. The molecule has 254 valence electrons. The van der Waals surface area contributed by atoms with Crippen LogP contribution in [-0.4, -0.2) is 24.0 Å². The molecule has 1 saturated heterocycles. The van der Waals surface area contributed by atoms with Crippen LogP contribution in [0.5, 0.6) is 0 Å². The molecule has 3 nitrogen and oxygen atoms in total. The summed E-state index contributed by atoms with van der Waals surface area (Å²) >= 11 is 0. The Morgan fingerprint density at radius 2 is 1.19 bits per heavy atom. The summed E-state index contributed by atoms with van der Waals surface area (Å²) in [6.45, 7) is 10.7. The van der Waals surface area contributed by atoms with Gasteiger partial charge in [-0.05, 0) is 125 Å². The number of rotatable bonds is 4. The third-order valence-electron chi connectivity index (χ3n) is 12.7. The van der Waals surface area contributed by atoms with Gasteiger partial charge in [0.15, 0.2) is 0 Å². The minimum absolute atomic E-state index is 0.270. The maximum atomic E-state index is 6.62. The highest BCUT2D eigenvalue weighted by Crippen LogP contribution is 2.63. The van der Waals surface area contributed by atoms with Crippen LogP contribution < -0.4 is 5.46 Å². The first-order valence-electron chi connectivity index (χ1n) is 18.8. The summed E-state index contributed by atoms with van der Waals surface area (Å²) in [6, 6.07) is 49.9. The molecule has 2 aliphatic heterocycles. The highest BCUT2D eigenvalue weighted by molar-refractivity contribution is 6.62. The van der Waals surface area contributed by atoms with Crippen molar-refractivity contribution in [2.24, 2.45) is 4.99 Å². The Morgan fingerprint density at radius 3 is 1.90 bits per heavy atom. The molecule has 1 fully saturated rings. The van der Waals surface area contributed by atoms with Crippen LogP contribution in [0.2, 0.25) is 0 Å². The van der Waals surface area contributed by atoms with Gasteiger partial charge in [0.1, 0.15) is 0 Å². The van der Waals surface area contributed by atoms with E-state index >= 15 is 0 Å². The molecular weight excluding hydrogens is 633 g/mol. The van der Waals surface area contributed by atoms with Crippen molar-refractivity contribution >= 4 is 24.0 Å². The Bertz CT molecular complexity index is 2450. The van der Waals surface area contributed by atoms with Crippen molar-refractivity contribution in [1.29, 1.82) is 0 Å². The molecule has 0 amide bonds. The molecule has 0 radical (unpaired) electrons. The molecular formula is C48H42BNO2. The lowest BCUT2D eigenvalue weighted by molar-refractivity contribution is 0.00578. The zero-order valence-electron chi connectivity index (χ0n) is 30.5. The van der Waals surface area contributed by atoms with Crippen molar-refractivity contribution in [3.05, 3.63) is 167 Å². The molecule has 10 rings (SSSR count). The standard InChI is InChI=1S/C48H42BNO2/c1-6-44-39(27-33-14-7-12-21-45(33)50-44)32-16-13-15-30(26-32)31-22-24-37-35-17-8-10-19-40(35)48(42(37)28-31)41-20-11-9-18-36(41)38-25-23-34(29-43(38)48)49-51-46(2,3)47(4,5)52-49/h7-26,28-29,39H,6,27H2,1-5H3. The topological polar surface area (TPSA) is 30.8 Å². The van der Waals surface area contributed by atoms with Crippen LogP contribution in [0.3, 0.4) is 0 Å². The Morgan fingerprint density at radius 1 is 0.596 bits per heavy atom. The average Bonchev–Trinajstić information content (AvgIpc) is 3.72. The van der Waals surface area contributed by atoms with E-state index in [2.05, 4.69) is 168 Å². The summed E-state index contributed by atoms with van der Waals surface area (Å²) in [7, 11) is -0.440. The maximum Gasteiger partial charge on any atom is 0.494 e. The van der Waals surface area contributed by atoms with Gasteiger partial charge >= 0.3 is 7.12 Å². The Hall–Kier alpha value is -5.03. The number of benzene rings is 6. The Kier molecular flexibility index (Phi) is 6.85. The van der Waals surface area contributed by atoms with Crippen molar-refractivity contribution in [2.45, 2.75) is 70.0 Å². The summed E-state index contributed by atoms with van der Waals surface area (Å²) < 4.78 is 13.2. The number of hydrogen-bond donors (Lipinski definition) is 0. The average molecular weight is 676 g/mol. The predicted molar refractivity (Wildman–Crippen MR) is 214 cm³/mol. The van der Waals surface area contributed by atoms with Gasteiger partial charge in [0.2, 0.25) is 0 Å². The molecule has 4 heteroatoms. The number of aliphatic imine (C=N–C) groups is 1. The first kappa shape index (κ1) is 31.7. The van der Waals surface area contributed by atoms with E-state index in [1.54, 1.807) is 0 Å². The second kappa shape index (κ2) is 11.2. The van der Waals surface area contributed by atoms with Gasteiger partial charge in [0.05, 0.1) is 22.3 Å². The van der Waals surface area contributed by atoms with Crippen LogP contribution in [0.4, 0.5) is 5.69 Å². The van der Waals surface area contributed by atoms with E-state index < -0.39 is 23.7 Å². The SMILES string of the molecule is CCC1=Nc2ccccc2CC1c1cccc(-c2ccc3c(c2)C2(c4ccccc4-c4ccc(B5OC(C)(C)C(C)(C)O5)cc42)c2ccccc2-3)c1. The highest BCUT2D eigenvalue weighted by atomic mass is 16.7. The lowest BCUT2D eigenvalue weighted by Crippen LogP contribution is -2.41. The van der Waals surface area contributed by atoms with E-state index in [9.17, 15) is 0 Å². The second-order valence-electron chi connectivity index (χ2n) is 16.0. The summed E-state index contributed by atoms with van der Waals surface area (Å²) in [4.78, 5) is 5.14. The van der Waals surface area contributed by atoms with E-state index in [4.69, 9.17) is 14.3 Å². The van der Waals surface area contributed by atoms with E-state index in [1.807, 2.05) is 0 Å². The molecule has 0 bridgehead atoms. The lowest BCUT2D eigenvalue weighted by atomic mass is 9.68. The van der Waals surface area contributed by atoms with Gasteiger partial charge in [0.25, 0.3) is 0 Å². The fourth-order valence-electron chi connectivity index (χ4n) is 9.40. The number of hydrogen-bond acceptors (Lipinski definition) is 3. The molecule has 1 spiro atoms. The van der Waals surface area contributed by atoms with E-state index in [0.29, 0.717) is 0 Å². The largest absolute Gasteiger partial charge is 0.494 e. The van der Waals surface area contributed by atoms with Crippen LogP contribution in [0.15, 0.2) is 138 Å². The van der Waals surface area contributed by atoms with E-state index in [1.165, 1.54) is 72.5 Å². The molecule has 2 atom stereocenters. The third kappa shape index (κ3) is 4.38. The molecule has 52 heavy (non-hydrogen) atoms. The number of para-hydroxylation sites is 1. The molecule has 0 saturated carbocycles. The normalized spacial score (nSPS) is 21.3. The fourth-order valence-corrected chi connectivity index (χ4v) is 9.40. The highest BCUT2D eigenvalue weighted by Gasteiger charge is 2.54. The summed E-state index contributed by atoms with van der Waals surface area (Å²) in [5.41, 5.74) is 17.7. The zero-order valence-corrected chi connectivity index (χ0v) is 30.5. The summed E-state index contributed by atoms with van der Waals surface area (Å²) in [5.74, 6) is 0.270. The third-order valence-corrected chi connectivity index (χ3v) is 12.7. The van der Waals surface area contributed by atoms with Gasteiger partial charge in [-0.25, -0.2) is 0 Å². The maximum absolute atomic E-state index is 6.62. The van der Waals surface area contributed by atoms with Crippen LogP contribution in [0.1, 0.15) is 80.3 Å². The van der Waals surface area contributed by atoms with Crippen molar-refractivity contribution in [3.8, 4) is 33.4 Å². The van der Waals surface area contributed by atoms with Gasteiger partial charge in [-0.2, -0.15) is 0 Å². The summed E-state index contributed by atoms with van der Waals surface area (Å²) in [5, 5.41) is 0. The summed E-state index contributed by atoms with van der Waals surface area (Å²) in [6.07, 6.45) is 1.92. The van der Waals surface area contributed by atoms with Crippen LogP contribution in [-0.2, 0) is 21.1 Å². The van der Waals surface area contributed by atoms with Crippen LogP contribution in [0.25, 0.3) is 33.4 Å². The van der Waals surface area contributed by atoms with Gasteiger partial charge < -0.3 is 9.31 Å². The van der Waals surface area contributed by atoms with Crippen molar-refractivity contribution < 1.29 is 9.31 Å². The number of nitrogens with zero attached hydrogens (tertiary/aromatic N) is 1. The lowest BCUT2D eigenvalue weighted by Gasteiger charge is -2.32. The minimum atomic E-state index is -0.472. The Labute approximate surface area is 307 Å². The smallest absolute Gasteiger partial charge is 0.399 e. The molecule has 0 aromatic heterocycles. The molecule has 2 heterocycles. The molecule has 0 N–H and O–H groups in total. The van der Waals surface area contributed by atoms with Gasteiger partial charge in [0, 0.05) is 11.6 Å². The minimum Gasteiger partial charge on any atom is -0.399 e. The van der Waals surface area contributed by atoms with Crippen molar-refractivity contribution in [1.82, 2.24) is 0 Å². The van der Waals surface area contributed by atoms with Gasteiger partial charge in [-0.1, -0.05) is 128 Å². The second-order valence-corrected chi connectivity index (χ2v) is 16.0. The number of fused-ring (bicyclic) bond motifs is 11. The van der Waals surface area contributed by atoms with Crippen molar-refractivity contribution in [3.63, 3.8) is 0 Å². The molecule has 6 aromatic rings. The van der Waals surface area contributed by atoms with Gasteiger partial charge in [-0.3, -0.25) is 4.99 Å². The van der Waals surface area contributed by atoms with Gasteiger partial charge in [-0.15, -0.1) is 0 Å². The first-order valence-corrected chi connectivity index (χ1v) is 18.8. The molecule has 2 unspecified atom stereocenters. The first-order chi connectivity index (χ1) is 25.2. The van der Waals surface area contributed by atoms with E-state index in [-0.39, 0.29) is 5.92 Å². The quantitative estimate of drug-likeness (QED) is 0.174. The monoisotopic (exact) mass is 675 g/mol. The Balaban J connectivity index is 1.15. The van der Waals surface area contributed by atoms with E-state index in [0.717, 1.165) is 24.0 Å². The van der Waals surface area contributed by atoms with Crippen LogP contribution >= 0.6 is 0 Å². The van der Waals surface area contributed by atoms with Crippen molar-refractivity contribution in [2.75, 3.05) is 0 Å². The fraction of sp³-hybridized carbons (Fsp3) is 0.229. The predicted octanol–water partition coefficient (Wildman–Crippen LogP) is 10.8. The molecule has 6 aromatic carbocycles. The molecule has 2 aliphatic carbocycles. The molecule has 4 aliphatic rings.